The third kappa shape index (κ3) is 4.17. The SMILES string of the molecule is COc1c(C)cc(CN(C)C(C)C(=O)Nc2ccc3c(c2)OCO3)cc1C. The first-order valence-corrected chi connectivity index (χ1v) is 8.94. The van der Waals surface area contributed by atoms with Gasteiger partial charge in [-0.3, -0.25) is 9.69 Å². The first kappa shape index (κ1) is 19.0. The Morgan fingerprint density at radius 2 is 1.85 bits per heavy atom. The minimum Gasteiger partial charge on any atom is -0.496 e. The average molecular weight is 370 g/mol. The number of hydrogen-bond acceptors (Lipinski definition) is 5. The molecular formula is C21H26N2O4. The first-order chi connectivity index (χ1) is 12.9. The lowest BCUT2D eigenvalue weighted by atomic mass is 10.0. The molecule has 3 rings (SSSR count). The monoisotopic (exact) mass is 370 g/mol. The normalized spacial score (nSPS) is 13.6. The highest BCUT2D eigenvalue weighted by Gasteiger charge is 2.20. The molecule has 0 fully saturated rings. The van der Waals surface area contributed by atoms with E-state index in [1.54, 1.807) is 19.2 Å². The molecule has 1 aliphatic heterocycles. The molecule has 6 heteroatoms. The van der Waals surface area contributed by atoms with Crippen molar-refractivity contribution in [1.29, 1.82) is 0 Å². The van der Waals surface area contributed by atoms with Crippen LogP contribution in [0.25, 0.3) is 0 Å². The van der Waals surface area contributed by atoms with Gasteiger partial charge in [-0.1, -0.05) is 12.1 Å². The number of nitrogens with one attached hydrogen (secondary N) is 1. The van der Waals surface area contributed by atoms with Gasteiger partial charge in [-0.2, -0.15) is 0 Å². The molecule has 0 saturated heterocycles. The van der Waals surface area contributed by atoms with E-state index >= 15 is 0 Å². The molecule has 1 atom stereocenters. The maximum Gasteiger partial charge on any atom is 0.241 e. The fourth-order valence-electron chi connectivity index (χ4n) is 3.30. The van der Waals surface area contributed by atoms with E-state index in [0.717, 1.165) is 22.4 Å². The number of anilines is 1. The number of fused-ring (bicyclic) bond motifs is 1. The predicted octanol–water partition coefficient (Wildman–Crippen LogP) is 3.50. The third-order valence-electron chi connectivity index (χ3n) is 4.84. The van der Waals surface area contributed by atoms with Gasteiger partial charge in [-0.25, -0.2) is 0 Å². The van der Waals surface area contributed by atoms with Gasteiger partial charge in [0.2, 0.25) is 12.7 Å². The van der Waals surface area contributed by atoms with Crippen molar-refractivity contribution in [2.45, 2.75) is 33.4 Å². The quantitative estimate of drug-likeness (QED) is 0.843. The van der Waals surface area contributed by atoms with Crippen LogP contribution in [0.4, 0.5) is 5.69 Å². The van der Waals surface area contributed by atoms with Crippen LogP contribution in [0.3, 0.4) is 0 Å². The Hall–Kier alpha value is -2.73. The maximum absolute atomic E-state index is 12.6. The summed E-state index contributed by atoms with van der Waals surface area (Å²) in [6.45, 7) is 6.84. The second kappa shape index (κ2) is 7.88. The molecule has 0 saturated carbocycles. The number of carbonyl (C=O) groups excluding carboxylic acids is 1. The highest BCUT2D eigenvalue weighted by molar-refractivity contribution is 5.94. The van der Waals surface area contributed by atoms with E-state index in [4.69, 9.17) is 14.2 Å². The topological polar surface area (TPSA) is 60.0 Å². The Bertz CT molecular complexity index is 827. The molecule has 6 nitrogen and oxygen atoms in total. The number of methoxy groups -OCH3 is 1. The second-order valence-electron chi connectivity index (χ2n) is 6.91. The van der Waals surface area contributed by atoms with E-state index in [0.29, 0.717) is 23.7 Å². The van der Waals surface area contributed by atoms with Crippen LogP contribution in [-0.4, -0.2) is 37.8 Å². The summed E-state index contributed by atoms with van der Waals surface area (Å²) in [4.78, 5) is 14.7. The molecule has 2 aromatic rings. The fourth-order valence-corrected chi connectivity index (χ4v) is 3.30. The largest absolute Gasteiger partial charge is 0.496 e. The lowest BCUT2D eigenvalue weighted by Gasteiger charge is -2.24. The summed E-state index contributed by atoms with van der Waals surface area (Å²) in [7, 11) is 3.63. The molecule has 27 heavy (non-hydrogen) atoms. The minimum absolute atomic E-state index is 0.0710. The van der Waals surface area contributed by atoms with Crippen LogP contribution in [0.15, 0.2) is 30.3 Å². The zero-order valence-electron chi connectivity index (χ0n) is 16.5. The van der Waals surface area contributed by atoms with Crippen molar-refractivity contribution in [1.82, 2.24) is 4.90 Å². The summed E-state index contributed by atoms with van der Waals surface area (Å²) in [5, 5.41) is 2.94. The van der Waals surface area contributed by atoms with Crippen LogP contribution in [0.5, 0.6) is 17.2 Å². The highest BCUT2D eigenvalue weighted by Crippen LogP contribution is 2.34. The Morgan fingerprint density at radius 3 is 2.52 bits per heavy atom. The van der Waals surface area contributed by atoms with Crippen molar-refractivity contribution in [2.24, 2.45) is 0 Å². The number of benzene rings is 2. The zero-order valence-corrected chi connectivity index (χ0v) is 16.5. The van der Waals surface area contributed by atoms with Gasteiger partial charge in [0.15, 0.2) is 11.5 Å². The van der Waals surface area contributed by atoms with Gasteiger partial charge in [0.05, 0.1) is 13.2 Å². The molecule has 0 aliphatic carbocycles. The van der Waals surface area contributed by atoms with Crippen molar-refractivity contribution < 1.29 is 19.0 Å². The van der Waals surface area contributed by atoms with Crippen molar-refractivity contribution in [3.8, 4) is 17.2 Å². The van der Waals surface area contributed by atoms with E-state index < -0.39 is 0 Å². The average Bonchev–Trinajstić information content (AvgIpc) is 3.08. The molecule has 0 spiro atoms. The standard InChI is InChI=1S/C21H26N2O4/c1-13-8-16(9-14(2)20(13)25-5)11-23(4)15(3)21(24)22-17-6-7-18-19(10-17)27-12-26-18/h6-10,15H,11-12H2,1-5H3,(H,22,24). The van der Waals surface area contributed by atoms with E-state index in [-0.39, 0.29) is 18.7 Å². The van der Waals surface area contributed by atoms with Crippen molar-refractivity contribution in [2.75, 3.05) is 26.3 Å². The van der Waals surface area contributed by atoms with E-state index in [9.17, 15) is 4.79 Å². The van der Waals surface area contributed by atoms with Crippen LogP contribution in [0.2, 0.25) is 0 Å². The van der Waals surface area contributed by atoms with E-state index in [2.05, 4.69) is 17.4 Å². The third-order valence-corrected chi connectivity index (χ3v) is 4.84. The molecule has 1 heterocycles. The number of carbonyl (C=O) groups is 1. The van der Waals surface area contributed by atoms with Crippen molar-refractivity contribution >= 4 is 11.6 Å². The van der Waals surface area contributed by atoms with Crippen LogP contribution >= 0.6 is 0 Å². The molecular weight excluding hydrogens is 344 g/mol. The van der Waals surface area contributed by atoms with Gasteiger partial charge in [0.1, 0.15) is 5.75 Å². The lowest BCUT2D eigenvalue weighted by Crippen LogP contribution is -2.39. The maximum atomic E-state index is 12.6. The van der Waals surface area contributed by atoms with E-state index in [1.807, 2.05) is 38.8 Å². The van der Waals surface area contributed by atoms with Gasteiger partial charge >= 0.3 is 0 Å². The molecule has 0 bridgehead atoms. The summed E-state index contributed by atoms with van der Waals surface area (Å²) in [6, 6.07) is 9.31. The summed E-state index contributed by atoms with van der Waals surface area (Å²) < 4.78 is 16.1. The smallest absolute Gasteiger partial charge is 0.241 e. The van der Waals surface area contributed by atoms with Crippen molar-refractivity contribution in [3.05, 3.63) is 47.0 Å². The molecule has 1 amide bonds. The van der Waals surface area contributed by atoms with Gasteiger partial charge in [0, 0.05) is 18.3 Å². The van der Waals surface area contributed by atoms with Crippen molar-refractivity contribution in [3.63, 3.8) is 0 Å². The minimum atomic E-state index is -0.293. The summed E-state index contributed by atoms with van der Waals surface area (Å²) >= 11 is 0. The number of hydrogen-bond donors (Lipinski definition) is 1. The van der Waals surface area contributed by atoms with Gasteiger partial charge < -0.3 is 19.5 Å². The number of rotatable bonds is 6. The number of amides is 1. The fraction of sp³-hybridized carbons (Fsp3) is 0.381. The molecule has 144 valence electrons. The van der Waals surface area contributed by atoms with Gasteiger partial charge in [0.25, 0.3) is 0 Å². The molecule has 0 aromatic heterocycles. The molecule has 1 aliphatic rings. The molecule has 2 aromatic carbocycles. The Labute approximate surface area is 160 Å². The number of likely N-dealkylation sites (N-methyl/N-ethyl adjacent to an activating group) is 1. The lowest BCUT2D eigenvalue weighted by molar-refractivity contribution is -0.120. The Morgan fingerprint density at radius 1 is 1.19 bits per heavy atom. The number of nitrogens with zero attached hydrogens (tertiary/aromatic N) is 1. The number of ether oxygens (including phenoxy) is 3. The molecule has 1 N–H and O–H groups in total. The van der Waals surface area contributed by atoms with Crippen LogP contribution in [0, 0.1) is 13.8 Å². The van der Waals surface area contributed by atoms with Crippen LogP contribution < -0.4 is 19.5 Å². The number of aryl methyl sites for hydroxylation is 2. The van der Waals surface area contributed by atoms with Gasteiger partial charge in [-0.05, 0) is 56.6 Å². The summed E-state index contributed by atoms with van der Waals surface area (Å²) in [5.41, 5.74) is 4.04. The first-order valence-electron chi connectivity index (χ1n) is 8.94. The van der Waals surface area contributed by atoms with Gasteiger partial charge in [-0.15, -0.1) is 0 Å². The Balaban J connectivity index is 1.64. The molecule has 0 radical (unpaired) electrons. The molecule has 1 unspecified atom stereocenters. The summed E-state index contributed by atoms with van der Waals surface area (Å²) in [5.74, 6) is 2.19. The Kier molecular flexibility index (Phi) is 5.56. The highest BCUT2D eigenvalue weighted by atomic mass is 16.7. The van der Waals surface area contributed by atoms with E-state index in [1.165, 1.54) is 0 Å². The zero-order chi connectivity index (χ0) is 19.6. The second-order valence-corrected chi connectivity index (χ2v) is 6.91. The summed E-state index contributed by atoms with van der Waals surface area (Å²) in [6.07, 6.45) is 0. The predicted molar refractivity (Wildman–Crippen MR) is 105 cm³/mol. The van der Waals surface area contributed by atoms with Crippen LogP contribution in [0.1, 0.15) is 23.6 Å². The van der Waals surface area contributed by atoms with Crippen LogP contribution in [-0.2, 0) is 11.3 Å².